The lowest BCUT2D eigenvalue weighted by atomic mass is 10.0. The van der Waals surface area contributed by atoms with Gasteiger partial charge in [-0.25, -0.2) is 10.3 Å². The number of nitrogens with one attached hydrogen (secondary N) is 3. The van der Waals surface area contributed by atoms with Crippen molar-refractivity contribution in [2.24, 2.45) is 0 Å². The van der Waals surface area contributed by atoms with Crippen LogP contribution in [0.15, 0.2) is 54.7 Å². The number of fused-ring (bicyclic) bond motifs is 2. The number of nitrogens with zero attached hydrogens (tertiary/aromatic N) is 2. The number of carbonyl (C=O) groups is 2. The molecule has 2 aromatic carbocycles. The summed E-state index contributed by atoms with van der Waals surface area (Å²) in [7, 11) is 0. The first-order chi connectivity index (χ1) is 18.0. The number of hydrogen-bond acceptors (Lipinski definition) is 4. The molecule has 0 bridgehead atoms. The van der Waals surface area contributed by atoms with Crippen LogP contribution in [0.1, 0.15) is 48.6 Å². The molecular formula is C29H37N5O3. The van der Waals surface area contributed by atoms with Gasteiger partial charge >= 0.3 is 6.03 Å². The Morgan fingerprint density at radius 2 is 1.95 bits per heavy atom. The van der Waals surface area contributed by atoms with Crippen LogP contribution < -0.4 is 10.8 Å². The van der Waals surface area contributed by atoms with Gasteiger partial charge in [-0.15, -0.1) is 0 Å². The van der Waals surface area contributed by atoms with Crippen molar-refractivity contribution >= 4 is 28.9 Å². The highest BCUT2D eigenvalue weighted by Gasteiger charge is 2.28. The molecule has 1 heterocycles. The summed E-state index contributed by atoms with van der Waals surface area (Å²) in [6, 6.07) is 14.9. The van der Waals surface area contributed by atoms with E-state index in [1.165, 1.54) is 28.2 Å². The number of rotatable bonds is 11. The van der Waals surface area contributed by atoms with E-state index < -0.39 is 5.91 Å². The maximum atomic E-state index is 12.5. The van der Waals surface area contributed by atoms with Gasteiger partial charge in [-0.3, -0.25) is 14.9 Å². The molecule has 0 saturated heterocycles. The molecule has 1 aromatic heterocycles. The largest absolute Gasteiger partial charge is 0.361 e. The van der Waals surface area contributed by atoms with Crippen LogP contribution in [0.5, 0.6) is 0 Å². The number of hydroxylamine groups is 1. The highest BCUT2D eigenvalue weighted by molar-refractivity contribution is 5.90. The van der Waals surface area contributed by atoms with Gasteiger partial charge in [0.05, 0.1) is 0 Å². The van der Waals surface area contributed by atoms with Gasteiger partial charge < -0.3 is 15.2 Å². The molecule has 196 valence electrons. The molecule has 37 heavy (non-hydrogen) atoms. The third kappa shape index (κ3) is 6.39. The fourth-order valence-electron chi connectivity index (χ4n) is 5.26. The van der Waals surface area contributed by atoms with Crippen molar-refractivity contribution < 1.29 is 14.8 Å². The molecule has 1 unspecified atom stereocenters. The van der Waals surface area contributed by atoms with E-state index in [1.54, 1.807) is 16.5 Å². The monoisotopic (exact) mass is 503 g/mol. The van der Waals surface area contributed by atoms with Gasteiger partial charge in [0.25, 0.3) is 5.91 Å². The standard InChI is InChI=1S/C29H37N5O3/c1-3-33(4-2)29(36)30-16-18-34(17-15-23-20-31-26-8-6-5-7-24(23)26)27-13-11-22-19-21(9-12-25(22)27)10-14-28(35)32-37/h5-10,12,14,19-20,27,31,37H,3-4,11,13,15-18H2,1-2H3,(H,30,36)(H,32,35)/b14-10+. The molecule has 0 aliphatic heterocycles. The van der Waals surface area contributed by atoms with Crippen molar-refractivity contribution in [3.05, 3.63) is 77.0 Å². The lowest BCUT2D eigenvalue weighted by Crippen LogP contribution is -2.43. The van der Waals surface area contributed by atoms with Crippen molar-refractivity contribution in [2.75, 3.05) is 32.7 Å². The first-order valence-corrected chi connectivity index (χ1v) is 13.1. The average molecular weight is 504 g/mol. The fraction of sp³-hybridized carbons (Fsp3) is 0.379. The first kappa shape index (κ1) is 26.4. The number of aryl methyl sites for hydroxylation is 1. The molecule has 3 amide bonds. The normalized spacial score (nSPS) is 14.9. The molecule has 0 radical (unpaired) electrons. The summed E-state index contributed by atoms with van der Waals surface area (Å²) >= 11 is 0. The van der Waals surface area contributed by atoms with Crippen LogP contribution >= 0.6 is 0 Å². The molecule has 1 aliphatic carbocycles. The van der Waals surface area contributed by atoms with Crippen molar-refractivity contribution in [2.45, 2.75) is 39.2 Å². The maximum absolute atomic E-state index is 12.5. The van der Waals surface area contributed by atoms with Gasteiger partial charge in [-0.05, 0) is 67.5 Å². The molecular weight excluding hydrogens is 466 g/mol. The minimum absolute atomic E-state index is 0.0169. The van der Waals surface area contributed by atoms with E-state index >= 15 is 0 Å². The van der Waals surface area contributed by atoms with Crippen molar-refractivity contribution in [3.63, 3.8) is 0 Å². The molecule has 0 saturated carbocycles. The Hall–Kier alpha value is -3.62. The Balaban J connectivity index is 1.49. The number of amides is 3. The fourth-order valence-corrected chi connectivity index (χ4v) is 5.26. The number of carbonyl (C=O) groups excluding carboxylic acids is 2. The topological polar surface area (TPSA) is 101 Å². The van der Waals surface area contributed by atoms with Gasteiger partial charge in [0.1, 0.15) is 0 Å². The van der Waals surface area contributed by atoms with Crippen LogP contribution in [-0.4, -0.2) is 64.7 Å². The summed E-state index contributed by atoms with van der Waals surface area (Å²) in [5, 5.41) is 13.1. The Kier molecular flexibility index (Phi) is 8.98. The lowest BCUT2D eigenvalue weighted by Gasteiger charge is -2.30. The summed E-state index contributed by atoms with van der Waals surface area (Å²) in [5.74, 6) is -0.548. The van der Waals surface area contributed by atoms with Gasteiger partial charge in [0, 0.05) is 61.9 Å². The van der Waals surface area contributed by atoms with E-state index in [1.807, 2.05) is 26.0 Å². The van der Waals surface area contributed by atoms with E-state index in [2.05, 4.69) is 51.7 Å². The number of benzene rings is 2. The number of urea groups is 1. The molecule has 4 rings (SSSR count). The third-order valence-corrected chi connectivity index (χ3v) is 7.26. The predicted octanol–water partition coefficient (Wildman–Crippen LogP) is 4.27. The minimum atomic E-state index is -0.548. The van der Waals surface area contributed by atoms with Gasteiger partial charge in [-0.1, -0.05) is 36.4 Å². The van der Waals surface area contributed by atoms with Crippen molar-refractivity contribution in [3.8, 4) is 0 Å². The SMILES string of the molecule is CCN(CC)C(=O)NCCN(CCc1c[nH]c2ccccc12)C1CCc2cc(/C=C/C(=O)NO)ccc21. The molecule has 3 aromatic rings. The van der Waals surface area contributed by atoms with Gasteiger partial charge in [0.15, 0.2) is 0 Å². The number of hydrogen-bond donors (Lipinski definition) is 4. The second-order valence-electron chi connectivity index (χ2n) is 9.37. The summed E-state index contributed by atoms with van der Waals surface area (Å²) in [6.07, 6.45) is 8.02. The molecule has 8 heteroatoms. The Labute approximate surface area is 218 Å². The number of aromatic nitrogens is 1. The Morgan fingerprint density at radius 1 is 1.14 bits per heavy atom. The number of H-pyrrole nitrogens is 1. The van der Waals surface area contributed by atoms with Gasteiger partial charge in [-0.2, -0.15) is 0 Å². The molecule has 4 N–H and O–H groups in total. The van der Waals surface area contributed by atoms with E-state index in [0.29, 0.717) is 19.6 Å². The summed E-state index contributed by atoms with van der Waals surface area (Å²) in [5.41, 5.74) is 7.58. The quantitative estimate of drug-likeness (QED) is 0.178. The van der Waals surface area contributed by atoms with Crippen molar-refractivity contribution in [1.29, 1.82) is 0 Å². The zero-order valence-corrected chi connectivity index (χ0v) is 21.7. The summed E-state index contributed by atoms with van der Waals surface area (Å²) in [4.78, 5) is 31.5. The Bertz CT molecular complexity index is 1250. The van der Waals surface area contributed by atoms with E-state index in [4.69, 9.17) is 5.21 Å². The molecule has 1 aliphatic rings. The zero-order valence-electron chi connectivity index (χ0n) is 21.7. The predicted molar refractivity (Wildman–Crippen MR) is 146 cm³/mol. The third-order valence-electron chi connectivity index (χ3n) is 7.26. The molecule has 0 fully saturated rings. The van der Waals surface area contributed by atoms with Crippen LogP contribution in [0, 0.1) is 0 Å². The average Bonchev–Trinajstić information content (AvgIpc) is 3.54. The molecule has 8 nitrogen and oxygen atoms in total. The van der Waals surface area contributed by atoms with E-state index in [-0.39, 0.29) is 12.1 Å². The highest BCUT2D eigenvalue weighted by Crippen LogP contribution is 2.36. The summed E-state index contributed by atoms with van der Waals surface area (Å²) < 4.78 is 0. The molecule has 0 spiro atoms. The van der Waals surface area contributed by atoms with Crippen LogP contribution in [0.25, 0.3) is 17.0 Å². The van der Waals surface area contributed by atoms with Crippen molar-refractivity contribution in [1.82, 2.24) is 25.6 Å². The van der Waals surface area contributed by atoms with Crippen LogP contribution in [0.2, 0.25) is 0 Å². The van der Waals surface area contributed by atoms with Crippen LogP contribution in [0.4, 0.5) is 4.79 Å². The van der Waals surface area contributed by atoms with Crippen LogP contribution in [0.3, 0.4) is 0 Å². The Morgan fingerprint density at radius 3 is 2.73 bits per heavy atom. The highest BCUT2D eigenvalue weighted by atomic mass is 16.5. The lowest BCUT2D eigenvalue weighted by molar-refractivity contribution is -0.124. The van der Waals surface area contributed by atoms with E-state index in [9.17, 15) is 9.59 Å². The number of para-hydroxylation sites is 1. The summed E-state index contributed by atoms with van der Waals surface area (Å²) in [6.45, 7) is 7.60. The zero-order chi connectivity index (χ0) is 26.2. The number of aromatic amines is 1. The molecule has 1 atom stereocenters. The minimum Gasteiger partial charge on any atom is -0.361 e. The van der Waals surface area contributed by atoms with Crippen LogP contribution in [-0.2, 0) is 17.6 Å². The van der Waals surface area contributed by atoms with E-state index in [0.717, 1.165) is 43.4 Å². The first-order valence-electron chi connectivity index (χ1n) is 13.1. The smallest absolute Gasteiger partial charge is 0.317 e. The second-order valence-corrected chi connectivity index (χ2v) is 9.37. The van der Waals surface area contributed by atoms with Gasteiger partial charge in [0.2, 0.25) is 0 Å². The second kappa shape index (κ2) is 12.6. The maximum Gasteiger partial charge on any atom is 0.317 e.